The fourth-order valence-electron chi connectivity index (χ4n) is 2.27. The summed E-state index contributed by atoms with van der Waals surface area (Å²) in [5.41, 5.74) is 7.29. The quantitative estimate of drug-likeness (QED) is 0.828. The number of fused-ring (bicyclic) bond motifs is 1. The van der Waals surface area contributed by atoms with E-state index in [-0.39, 0.29) is 5.91 Å². The van der Waals surface area contributed by atoms with Gasteiger partial charge in [0.25, 0.3) is 0 Å². The number of rotatable bonds is 5. The van der Waals surface area contributed by atoms with Gasteiger partial charge in [-0.25, -0.2) is 4.98 Å². The molecule has 112 valence electrons. The zero-order chi connectivity index (χ0) is 14.7. The third-order valence-corrected chi connectivity index (χ3v) is 4.23. The second-order valence-corrected chi connectivity index (χ2v) is 6.04. The SMILES string of the molecule is Nc1ccc2nc(NC(=O)CCCN3CCCO3)sc2c1. The van der Waals surface area contributed by atoms with Crippen LogP contribution in [0.4, 0.5) is 10.8 Å². The Morgan fingerprint density at radius 1 is 1.52 bits per heavy atom. The topological polar surface area (TPSA) is 80.5 Å². The van der Waals surface area contributed by atoms with Crippen LogP contribution in [0, 0.1) is 0 Å². The minimum atomic E-state index is -0.0128. The summed E-state index contributed by atoms with van der Waals surface area (Å²) in [6.07, 6.45) is 2.32. The predicted molar refractivity (Wildman–Crippen MR) is 84.0 cm³/mol. The number of hydrogen-bond donors (Lipinski definition) is 2. The Hall–Kier alpha value is -1.70. The number of benzene rings is 1. The summed E-state index contributed by atoms with van der Waals surface area (Å²) >= 11 is 1.44. The third kappa shape index (κ3) is 3.69. The largest absolute Gasteiger partial charge is 0.399 e. The van der Waals surface area contributed by atoms with Gasteiger partial charge in [0.2, 0.25) is 5.91 Å². The molecule has 0 unspecified atom stereocenters. The fraction of sp³-hybridized carbons (Fsp3) is 0.429. The van der Waals surface area contributed by atoms with Crippen molar-refractivity contribution in [3.63, 3.8) is 0 Å². The van der Waals surface area contributed by atoms with Crippen LogP contribution in [0.15, 0.2) is 18.2 Å². The number of aromatic nitrogens is 1. The number of hydrogen-bond acceptors (Lipinski definition) is 6. The molecule has 0 saturated carbocycles. The summed E-state index contributed by atoms with van der Waals surface area (Å²) in [7, 11) is 0. The highest BCUT2D eigenvalue weighted by Gasteiger charge is 2.13. The number of thiazole rings is 1. The van der Waals surface area contributed by atoms with Gasteiger partial charge in [0, 0.05) is 25.2 Å². The summed E-state index contributed by atoms with van der Waals surface area (Å²) in [5.74, 6) is -0.0128. The highest BCUT2D eigenvalue weighted by molar-refractivity contribution is 7.22. The minimum Gasteiger partial charge on any atom is -0.399 e. The number of hydroxylamine groups is 2. The molecule has 1 amide bonds. The van der Waals surface area contributed by atoms with Crippen molar-refractivity contribution in [1.29, 1.82) is 0 Å². The van der Waals surface area contributed by atoms with Crippen LogP contribution < -0.4 is 11.1 Å². The maximum absolute atomic E-state index is 11.9. The van der Waals surface area contributed by atoms with Gasteiger partial charge in [0.15, 0.2) is 5.13 Å². The zero-order valence-electron chi connectivity index (χ0n) is 11.7. The molecule has 1 aliphatic heterocycles. The van der Waals surface area contributed by atoms with Crippen LogP contribution in [0.2, 0.25) is 0 Å². The standard InChI is InChI=1S/C14H18N4O2S/c15-10-4-5-11-12(9-10)21-14(16-11)17-13(19)3-1-6-18-7-2-8-20-18/h4-5,9H,1-3,6-8,15H2,(H,16,17,19). The average molecular weight is 306 g/mol. The number of nitrogens with two attached hydrogens (primary N) is 1. The van der Waals surface area contributed by atoms with Crippen LogP contribution in [0.1, 0.15) is 19.3 Å². The highest BCUT2D eigenvalue weighted by atomic mass is 32.1. The summed E-state index contributed by atoms with van der Waals surface area (Å²) in [4.78, 5) is 21.7. The van der Waals surface area contributed by atoms with Crippen molar-refractivity contribution in [2.75, 3.05) is 30.7 Å². The van der Waals surface area contributed by atoms with Crippen LogP contribution >= 0.6 is 11.3 Å². The van der Waals surface area contributed by atoms with Crippen molar-refractivity contribution in [1.82, 2.24) is 10.0 Å². The first-order chi connectivity index (χ1) is 10.2. The van der Waals surface area contributed by atoms with Crippen LogP contribution in [0.25, 0.3) is 10.2 Å². The van der Waals surface area contributed by atoms with E-state index in [1.165, 1.54) is 11.3 Å². The number of carbonyl (C=O) groups is 1. The van der Waals surface area contributed by atoms with Gasteiger partial charge in [-0.1, -0.05) is 11.3 Å². The molecule has 0 bridgehead atoms. The molecule has 7 heteroatoms. The van der Waals surface area contributed by atoms with Crippen molar-refractivity contribution >= 4 is 38.3 Å². The molecule has 2 heterocycles. The first kappa shape index (κ1) is 14.2. The second kappa shape index (κ2) is 6.38. The number of anilines is 2. The molecule has 3 N–H and O–H groups in total. The van der Waals surface area contributed by atoms with Crippen molar-refractivity contribution in [2.45, 2.75) is 19.3 Å². The van der Waals surface area contributed by atoms with E-state index >= 15 is 0 Å². The van der Waals surface area contributed by atoms with Gasteiger partial charge in [-0.05, 0) is 31.0 Å². The van der Waals surface area contributed by atoms with Crippen molar-refractivity contribution in [3.05, 3.63) is 18.2 Å². The Bertz CT molecular complexity index is 637. The van der Waals surface area contributed by atoms with E-state index in [0.717, 1.165) is 42.8 Å². The van der Waals surface area contributed by atoms with E-state index in [2.05, 4.69) is 10.3 Å². The molecule has 3 rings (SSSR count). The number of nitrogens with zero attached hydrogens (tertiary/aromatic N) is 2. The number of nitrogen functional groups attached to an aromatic ring is 1. The summed E-state index contributed by atoms with van der Waals surface area (Å²) in [6.45, 7) is 2.55. The molecule has 0 spiro atoms. The summed E-state index contributed by atoms with van der Waals surface area (Å²) < 4.78 is 0.982. The van der Waals surface area contributed by atoms with Gasteiger partial charge in [-0.2, -0.15) is 5.06 Å². The molecule has 1 saturated heterocycles. The lowest BCUT2D eigenvalue weighted by Crippen LogP contribution is -2.21. The third-order valence-electron chi connectivity index (χ3n) is 3.30. The highest BCUT2D eigenvalue weighted by Crippen LogP contribution is 2.27. The van der Waals surface area contributed by atoms with Gasteiger partial charge < -0.3 is 11.1 Å². The molecule has 1 aromatic heterocycles. The molecular formula is C14H18N4O2S. The van der Waals surface area contributed by atoms with Gasteiger partial charge in [0.05, 0.1) is 16.8 Å². The molecule has 1 fully saturated rings. The van der Waals surface area contributed by atoms with E-state index in [1.807, 2.05) is 23.3 Å². The van der Waals surface area contributed by atoms with Crippen LogP contribution in [0.3, 0.4) is 0 Å². The lowest BCUT2D eigenvalue weighted by Gasteiger charge is -2.12. The maximum atomic E-state index is 11.9. The van der Waals surface area contributed by atoms with Crippen LogP contribution in [0.5, 0.6) is 0 Å². The van der Waals surface area contributed by atoms with Crippen molar-refractivity contribution < 1.29 is 9.63 Å². The number of nitrogens with one attached hydrogen (secondary N) is 1. The first-order valence-electron chi connectivity index (χ1n) is 7.04. The van der Waals surface area contributed by atoms with Crippen LogP contribution in [-0.2, 0) is 9.63 Å². The van der Waals surface area contributed by atoms with Gasteiger partial charge >= 0.3 is 0 Å². The number of amides is 1. The molecule has 0 aliphatic carbocycles. The van der Waals surface area contributed by atoms with E-state index in [4.69, 9.17) is 10.6 Å². The Balaban J connectivity index is 1.51. The molecule has 2 aromatic rings. The average Bonchev–Trinajstić information content (AvgIpc) is 3.07. The molecular weight excluding hydrogens is 288 g/mol. The first-order valence-corrected chi connectivity index (χ1v) is 7.86. The summed E-state index contributed by atoms with van der Waals surface area (Å²) in [6, 6.07) is 5.54. The Morgan fingerprint density at radius 3 is 3.24 bits per heavy atom. The lowest BCUT2D eigenvalue weighted by molar-refractivity contribution is -0.120. The fourth-order valence-corrected chi connectivity index (χ4v) is 3.20. The van der Waals surface area contributed by atoms with E-state index in [9.17, 15) is 4.79 Å². The normalized spacial score (nSPS) is 15.6. The Morgan fingerprint density at radius 2 is 2.43 bits per heavy atom. The smallest absolute Gasteiger partial charge is 0.226 e. The maximum Gasteiger partial charge on any atom is 0.226 e. The van der Waals surface area contributed by atoms with Crippen molar-refractivity contribution in [3.8, 4) is 0 Å². The predicted octanol–water partition coefficient (Wildman–Crippen LogP) is 2.23. The summed E-state index contributed by atoms with van der Waals surface area (Å²) in [5, 5.41) is 5.39. The van der Waals surface area contributed by atoms with E-state index < -0.39 is 0 Å². The lowest BCUT2D eigenvalue weighted by atomic mass is 10.3. The zero-order valence-corrected chi connectivity index (χ0v) is 12.5. The van der Waals surface area contributed by atoms with Crippen molar-refractivity contribution in [2.24, 2.45) is 0 Å². The molecule has 1 aromatic carbocycles. The Labute approximate surface area is 126 Å². The molecule has 1 aliphatic rings. The monoisotopic (exact) mass is 306 g/mol. The van der Waals surface area contributed by atoms with Gasteiger partial charge in [-0.3, -0.25) is 9.63 Å². The molecule has 0 radical (unpaired) electrons. The molecule has 6 nitrogen and oxygen atoms in total. The van der Waals surface area contributed by atoms with Gasteiger partial charge in [0.1, 0.15) is 0 Å². The van der Waals surface area contributed by atoms with Crippen LogP contribution in [-0.4, -0.2) is 35.7 Å². The van der Waals surface area contributed by atoms with E-state index in [1.54, 1.807) is 0 Å². The number of carbonyl (C=O) groups excluding carboxylic acids is 1. The molecule has 21 heavy (non-hydrogen) atoms. The second-order valence-electron chi connectivity index (χ2n) is 5.01. The Kier molecular flexibility index (Phi) is 4.33. The van der Waals surface area contributed by atoms with Gasteiger partial charge in [-0.15, -0.1) is 0 Å². The van der Waals surface area contributed by atoms with E-state index in [0.29, 0.717) is 17.2 Å². The minimum absolute atomic E-state index is 0.0128. The molecule has 0 atom stereocenters.